The number of nitrogens with zero attached hydrogens (tertiary/aromatic N) is 5. The fourth-order valence-corrected chi connectivity index (χ4v) is 3.14. The second kappa shape index (κ2) is 8.93. The molecule has 0 aliphatic heterocycles. The molecule has 2 N–H and O–H groups in total. The molecule has 0 aliphatic rings. The van der Waals surface area contributed by atoms with Crippen LogP contribution in [0.3, 0.4) is 0 Å². The second-order valence-electron chi connectivity index (χ2n) is 6.61. The maximum absolute atomic E-state index is 6.48. The normalized spacial score (nSPS) is 11.1. The van der Waals surface area contributed by atoms with E-state index in [1.807, 2.05) is 38.1 Å². The number of rotatable bonds is 6. The van der Waals surface area contributed by atoms with Crippen molar-refractivity contribution in [3.8, 4) is 11.5 Å². The smallest absolute Gasteiger partial charge is 0.223 e. The Bertz CT molecular complexity index is 1280. The van der Waals surface area contributed by atoms with Gasteiger partial charge >= 0.3 is 0 Å². The first-order valence-corrected chi connectivity index (χ1v) is 9.94. The number of hydrogen-bond donors (Lipinski definition) is 2. The van der Waals surface area contributed by atoms with Crippen LogP contribution in [0.2, 0.25) is 5.02 Å². The summed E-state index contributed by atoms with van der Waals surface area (Å²) in [6.07, 6.45) is 4.85. The van der Waals surface area contributed by atoms with E-state index < -0.39 is 0 Å². The van der Waals surface area contributed by atoms with Crippen LogP contribution in [0.15, 0.2) is 53.9 Å². The van der Waals surface area contributed by atoms with Crippen LogP contribution in [0.4, 0.5) is 23.1 Å². The minimum absolute atomic E-state index is 0.454. The third-order valence-electron chi connectivity index (χ3n) is 4.47. The number of nitrogens with one attached hydrogen (secondary N) is 2. The van der Waals surface area contributed by atoms with Gasteiger partial charge in [0.2, 0.25) is 5.95 Å². The molecule has 31 heavy (non-hydrogen) atoms. The van der Waals surface area contributed by atoms with Gasteiger partial charge in [0.25, 0.3) is 0 Å². The van der Waals surface area contributed by atoms with E-state index in [2.05, 4.69) is 35.6 Å². The summed E-state index contributed by atoms with van der Waals surface area (Å²) in [5.74, 6) is 2.23. The Morgan fingerprint density at radius 1 is 1.10 bits per heavy atom. The highest BCUT2D eigenvalue weighted by Crippen LogP contribution is 2.34. The van der Waals surface area contributed by atoms with Gasteiger partial charge in [-0.25, -0.2) is 19.9 Å². The van der Waals surface area contributed by atoms with Gasteiger partial charge in [-0.15, -0.1) is 0 Å². The van der Waals surface area contributed by atoms with Crippen molar-refractivity contribution in [2.24, 2.45) is 4.99 Å². The topological polar surface area (TPSA) is 97.2 Å². The first kappa shape index (κ1) is 20.5. The Morgan fingerprint density at radius 3 is 2.74 bits per heavy atom. The summed E-state index contributed by atoms with van der Waals surface area (Å²) in [4.78, 5) is 21.5. The standard InChI is InChI=1S/C22H20ClN7O/c1-4-25-17-10-15(7-5-13(17)2)31-19-8-6-14(9-16(19)23)29-21-20-18(27-12-28-21)11-26-22(24-3)30-20/h4-12H,1-3H3,(H,24,26,30)(H,27,28,29)/b25-4-. The van der Waals surface area contributed by atoms with Crippen molar-refractivity contribution < 1.29 is 4.74 Å². The molecule has 2 aromatic carbocycles. The number of fused-ring (bicyclic) bond motifs is 1. The van der Waals surface area contributed by atoms with Gasteiger partial charge in [-0.1, -0.05) is 17.7 Å². The van der Waals surface area contributed by atoms with E-state index in [0.717, 1.165) is 16.9 Å². The fraction of sp³-hybridized carbons (Fsp3) is 0.136. The molecule has 0 unspecified atom stereocenters. The number of ether oxygens (including phenoxy) is 1. The Balaban J connectivity index is 1.59. The summed E-state index contributed by atoms with van der Waals surface area (Å²) < 4.78 is 5.97. The molecule has 2 aromatic heterocycles. The lowest BCUT2D eigenvalue weighted by Crippen LogP contribution is -2.01. The fourth-order valence-electron chi connectivity index (χ4n) is 2.92. The van der Waals surface area contributed by atoms with Crippen LogP contribution in [0, 0.1) is 6.92 Å². The van der Waals surface area contributed by atoms with Gasteiger partial charge in [-0.3, -0.25) is 4.99 Å². The minimum Gasteiger partial charge on any atom is -0.456 e. The third kappa shape index (κ3) is 4.54. The molecular weight excluding hydrogens is 414 g/mol. The van der Waals surface area contributed by atoms with Crippen LogP contribution in [0.5, 0.6) is 11.5 Å². The van der Waals surface area contributed by atoms with Crippen LogP contribution in [-0.4, -0.2) is 33.2 Å². The molecule has 0 amide bonds. The predicted octanol–water partition coefficient (Wildman–Crippen LogP) is 5.68. The second-order valence-corrected chi connectivity index (χ2v) is 7.01. The van der Waals surface area contributed by atoms with Crippen molar-refractivity contribution in [3.63, 3.8) is 0 Å². The zero-order valence-corrected chi connectivity index (χ0v) is 18.0. The molecule has 0 bridgehead atoms. The lowest BCUT2D eigenvalue weighted by molar-refractivity contribution is 0.483. The van der Waals surface area contributed by atoms with Crippen molar-refractivity contribution in [3.05, 3.63) is 59.5 Å². The van der Waals surface area contributed by atoms with Gasteiger partial charge in [-0.05, 0) is 43.7 Å². The van der Waals surface area contributed by atoms with Crippen molar-refractivity contribution in [1.82, 2.24) is 19.9 Å². The molecule has 0 saturated carbocycles. The number of aliphatic imine (C=N–C) groups is 1. The van der Waals surface area contributed by atoms with E-state index in [1.54, 1.807) is 31.6 Å². The summed E-state index contributed by atoms with van der Waals surface area (Å²) in [6.45, 7) is 3.88. The Kier molecular flexibility index (Phi) is 5.90. The first-order chi connectivity index (χ1) is 15.1. The number of anilines is 3. The average Bonchev–Trinajstić information content (AvgIpc) is 2.78. The van der Waals surface area contributed by atoms with E-state index >= 15 is 0 Å². The summed E-state index contributed by atoms with van der Waals surface area (Å²) in [6, 6.07) is 11.1. The van der Waals surface area contributed by atoms with Crippen molar-refractivity contribution >= 4 is 52.0 Å². The summed E-state index contributed by atoms with van der Waals surface area (Å²) in [7, 11) is 1.75. The highest BCUT2D eigenvalue weighted by molar-refractivity contribution is 6.32. The highest BCUT2D eigenvalue weighted by atomic mass is 35.5. The zero-order chi connectivity index (χ0) is 21.8. The molecule has 0 atom stereocenters. The first-order valence-electron chi connectivity index (χ1n) is 9.56. The zero-order valence-electron chi connectivity index (χ0n) is 17.2. The monoisotopic (exact) mass is 433 g/mol. The number of aryl methyl sites for hydroxylation is 1. The van der Waals surface area contributed by atoms with Crippen LogP contribution in [0.25, 0.3) is 11.0 Å². The number of aromatic nitrogens is 4. The van der Waals surface area contributed by atoms with Gasteiger partial charge in [0.05, 0.1) is 16.9 Å². The minimum atomic E-state index is 0.454. The van der Waals surface area contributed by atoms with E-state index in [4.69, 9.17) is 16.3 Å². The van der Waals surface area contributed by atoms with E-state index in [0.29, 0.717) is 39.3 Å². The number of halogens is 1. The molecule has 0 aliphatic carbocycles. The number of hydrogen-bond acceptors (Lipinski definition) is 8. The van der Waals surface area contributed by atoms with E-state index in [-0.39, 0.29) is 0 Å². The predicted molar refractivity (Wildman–Crippen MR) is 124 cm³/mol. The van der Waals surface area contributed by atoms with Crippen LogP contribution < -0.4 is 15.4 Å². The summed E-state index contributed by atoms with van der Waals surface area (Å²) in [5, 5.41) is 6.60. The molecule has 4 rings (SSSR count). The molecule has 156 valence electrons. The summed E-state index contributed by atoms with van der Waals surface area (Å²) >= 11 is 6.48. The molecular formula is C22H20ClN7O. The lowest BCUT2D eigenvalue weighted by Gasteiger charge is -2.12. The van der Waals surface area contributed by atoms with Gasteiger partial charge in [0, 0.05) is 25.0 Å². The van der Waals surface area contributed by atoms with Gasteiger partial charge in [0.15, 0.2) is 5.82 Å². The lowest BCUT2D eigenvalue weighted by atomic mass is 10.2. The maximum atomic E-state index is 6.48. The van der Waals surface area contributed by atoms with Crippen LogP contribution >= 0.6 is 11.6 Å². The van der Waals surface area contributed by atoms with Crippen molar-refractivity contribution in [2.75, 3.05) is 17.7 Å². The van der Waals surface area contributed by atoms with Crippen LogP contribution in [-0.2, 0) is 0 Å². The largest absolute Gasteiger partial charge is 0.456 e. The molecule has 0 saturated heterocycles. The quantitative estimate of drug-likeness (QED) is 0.377. The van der Waals surface area contributed by atoms with Crippen molar-refractivity contribution in [1.29, 1.82) is 0 Å². The Morgan fingerprint density at radius 2 is 1.97 bits per heavy atom. The molecule has 2 heterocycles. The molecule has 8 nitrogen and oxygen atoms in total. The molecule has 9 heteroatoms. The summed E-state index contributed by atoms with van der Waals surface area (Å²) in [5.41, 5.74) is 3.89. The van der Waals surface area contributed by atoms with Gasteiger partial charge in [0.1, 0.15) is 28.9 Å². The molecule has 4 aromatic rings. The SMILES string of the molecule is C/C=N\c1cc(Oc2ccc(Nc3ncnc4cnc(NC)nc34)cc2Cl)ccc1C. The highest BCUT2D eigenvalue weighted by Gasteiger charge is 2.10. The van der Waals surface area contributed by atoms with E-state index in [1.165, 1.54) is 6.33 Å². The Labute approximate surface area is 184 Å². The van der Waals surface area contributed by atoms with Gasteiger partial charge < -0.3 is 15.4 Å². The molecule has 0 fully saturated rings. The number of benzene rings is 2. The average molecular weight is 434 g/mol. The van der Waals surface area contributed by atoms with Crippen LogP contribution in [0.1, 0.15) is 12.5 Å². The van der Waals surface area contributed by atoms with Gasteiger partial charge in [-0.2, -0.15) is 0 Å². The molecule has 0 radical (unpaired) electrons. The van der Waals surface area contributed by atoms with Crippen molar-refractivity contribution in [2.45, 2.75) is 13.8 Å². The third-order valence-corrected chi connectivity index (χ3v) is 4.77. The maximum Gasteiger partial charge on any atom is 0.223 e. The van der Waals surface area contributed by atoms with E-state index in [9.17, 15) is 0 Å². The Hall–Kier alpha value is -3.78. The molecule has 0 spiro atoms.